The number of fused-ring (bicyclic) bond motifs is 1. The molecule has 0 spiro atoms. The summed E-state index contributed by atoms with van der Waals surface area (Å²) in [4.78, 5) is 22.8. The Labute approximate surface area is 124 Å². The van der Waals surface area contributed by atoms with Crippen LogP contribution in [0.4, 0.5) is 0 Å². The third-order valence-electron chi connectivity index (χ3n) is 3.65. The van der Waals surface area contributed by atoms with Gasteiger partial charge in [-0.1, -0.05) is 24.3 Å². The van der Waals surface area contributed by atoms with Crippen LogP contribution >= 0.6 is 0 Å². The number of ether oxygens (including phenoxy) is 1. The molecule has 0 saturated heterocycles. The van der Waals surface area contributed by atoms with Crippen LogP contribution in [-0.4, -0.2) is 29.6 Å². The maximum absolute atomic E-state index is 12.3. The Hall–Kier alpha value is -1.88. The Morgan fingerprint density at radius 1 is 1.43 bits per heavy atom. The van der Waals surface area contributed by atoms with E-state index in [0.717, 1.165) is 17.5 Å². The molecule has 2 rings (SSSR count). The van der Waals surface area contributed by atoms with Crippen molar-refractivity contribution in [1.82, 2.24) is 5.32 Å². The minimum atomic E-state index is -0.807. The summed E-state index contributed by atoms with van der Waals surface area (Å²) in [7, 11) is 0. The van der Waals surface area contributed by atoms with Crippen molar-refractivity contribution in [1.29, 1.82) is 0 Å². The summed E-state index contributed by atoms with van der Waals surface area (Å²) >= 11 is 0. The van der Waals surface area contributed by atoms with Gasteiger partial charge in [0.2, 0.25) is 0 Å². The van der Waals surface area contributed by atoms with Crippen LogP contribution in [0.15, 0.2) is 24.3 Å². The smallest absolute Gasteiger partial charge is 0.303 e. The fourth-order valence-electron chi connectivity index (χ4n) is 2.56. The molecule has 5 heteroatoms. The summed E-state index contributed by atoms with van der Waals surface area (Å²) in [5.74, 6) is -0.956. The van der Waals surface area contributed by atoms with Crippen molar-refractivity contribution in [2.45, 2.75) is 44.8 Å². The normalized spacial score (nSPS) is 18.6. The molecule has 1 heterocycles. The van der Waals surface area contributed by atoms with Gasteiger partial charge < -0.3 is 15.2 Å². The SMILES string of the molecule is CC(CCCC(=O)O)NC(=O)C1OCCc2ccccc21. The van der Waals surface area contributed by atoms with E-state index >= 15 is 0 Å². The topological polar surface area (TPSA) is 75.6 Å². The summed E-state index contributed by atoms with van der Waals surface area (Å²) in [6.07, 6.45) is 1.60. The number of carboxylic acid groups (broad SMARTS) is 1. The highest BCUT2D eigenvalue weighted by molar-refractivity contribution is 5.83. The van der Waals surface area contributed by atoms with Gasteiger partial charge in [0, 0.05) is 12.5 Å². The second-order valence-corrected chi connectivity index (χ2v) is 5.40. The molecule has 2 unspecified atom stereocenters. The van der Waals surface area contributed by atoms with Crippen molar-refractivity contribution >= 4 is 11.9 Å². The van der Waals surface area contributed by atoms with Crippen molar-refractivity contribution in [3.8, 4) is 0 Å². The lowest BCUT2D eigenvalue weighted by Crippen LogP contribution is -2.38. The Morgan fingerprint density at radius 3 is 2.95 bits per heavy atom. The minimum Gasteiger partial charge on any atom is -0.481 e. The number of benzene rings is 1. The van der Waals surface area contributed by atoms with Crippen molar-refractivity contribution in [3.05, 3.63) is 35.4 Å². The van der Waals surface area contributed by atoms with Crippen LogP contribution in [0.5, 0.6) is 0 Å². The molecule has 1 aliphatic rings. The number of nitrogens with one attached hydrogen (secondary N) is 1. The van der Waals surface area contributed by atoms with Crippen LogP contribution < -0.4 is 5.32 Å². The summed E-state index contributed by atoms with van der Waals surface area (Å²) in [6, 6.07) is 7.76. The molecule has 1 amide bonds. The van der Waals surface area contributed by atoms with Crippen LogP contribution in [0, 0.1) is 0 Å². The first-order valence-electron chi connectivity index (χ1n) is 7.29. The standard InChI is InChI=1S/C16H21NO4/c1-11(5-4-8-14(18)19)17-16(20)15-13-7-3-2-6-12(13)9-10-21-15/h2-3,6-7,11,15H,4-5,8-10H2,1H3,(H,17,20)(H,18,19). The summed E-state index contributed by atoms with van der Waals surface area (Å²) in [6.45, 7) is 2.43. The van der Waals surface area contributed by atoms with E-state index in [1.54, 1.807) is 0 Å². The predicted molar refractivity (Wildman–Crippen MR) is 77.9 cm³/mol. The van der Waals surface area contributed by atoms with E-state index < -0.39 is 12.1 Å². The van der Waals surface area contributed by atoms with E-state index in [0.29, 0.717) is 19.4 Å². The van der Waals surface area contributed by atoms with Gasteiger partial charge in [-0.2, -0.15) is 0 Å². The second kappa shape index (κ2) is 7.22. The number of hydrogen-bond acceptors (Lipinski definition) is 3. The lowest BCUT2D eigenvalue weighted by atomic mass is 9.97. The third-order valence-corrected chi connectivity index (χ3v) is 3.65. The molecule has 0 bridgehead atoms. The summed E-state index contributed by atoms with van der Waals surface area (Å²) < 4.78 is 5.60. The zero-order chi connectivity index (χ0) is 15.2. The number of hydrogen-bond donors (Lipinski definition) is 2. The molecule has 2 N–H and O–H groups in total. The summed E-state index contributed by atoms with van der Waals surface area (Å²) in [5, 5.41) is 11.5. The molecule has 1 aliphatic heterocycles. The molecule has 0 fully saturated rings. The zero-order valence-corrected chi connectivity index (χ0v) is 12.2. The number of carbonyl (C=O) groups is 2. The molecule has 0 saturated carbocycles. The molecule has 114 valence electrons. The van der Waals surface area contributed by atoms with Gasteiger partial charge in [0.05, 0.1) is 6.61 Å². The van der Waals surface area contributed by atoms with Crippen LogP contribution in [-0.2, 0) is 20.7 Å². The van der Waals surface area contributed by atoms with E-state index in [4.69, 9.17) is 9.84 Å². The first kappa shape index (κ1) is 15.5. The minimum absolute atomic E-state index is 0.0606. The van der Waals surface area contributed by atoms with Gasteiger partial charge in [-0.25, -0.2) is 0 Å². The van der Waals surface area contributed by atoms with Gasteiger partial charge in [0.25, 0.3) is 5.91 Å². The number of amides is 1. The molecular weight excluding hydrogens is 270 g/mol. The molecule has 2 atom stereocenters. The van der Waals surface area contributed by atoms with E-state index in [9.17, 15) is 9.59 Å². The first-order chi connectivity index (χ1) is 10.1. The summed E-state index contributed by atoms with van der Waals surface area (Å²) in [5.41, 5.74) is 2.08. The zero-order valence-electron chi connectivity index (χ0n) is 12.2. The molecule has 0 aromatic heterocycles. The number of carbonyl (C=O) groups excluding carboxylic acids is 1. The predicted octanol–water partition coefficient (Wildman–Crippen LogP) is 2.06. The Bertz CT molecular complexity index is 515. The van der Waals surface area contributed by atoms with Crippen molar-refractivity contribution < 1.29 is 19.4 Å². The quantitative estimate of drug-likeness (QED) is 0.841. The second-order valence-electron chi connectivity index (χ2n) is 5.40. The molecule has 0 radical (unpaired) electrons. The van der Waals surface area contributed by atoms with Gasteiger partial charge >= 0.3 is 5.97 Å². The Balaban J connectivity index is 1.90. The van der Waals surface area contributed by atoms with Gasteiger partial charge in [-0.3, -0.25) is 9.59 Å². The van der Waals surface area contributed by atoms with Crippen molar-refractivity contribution in [3.63, 3.8) is 0 Å². The maximum atomic E-state index is 12.3. The highest BCUT2D eigenvalue weighted by Crippen LogP contribution is 2.27. The average Bonchev–Trinajstić information content (AvgIpc) is 2.46. The number of aliphatic carboxylic acids is 1. The van der Waals surface area contributed by atoms with Gasteiger partial charge in [0.15, 0.2) is 6.10 Å². The first-order valence-corrected chi connectivity index (χ1v) is 7.29. The van der Waals surface area contributed by atoms with Gasteiger partial charge in [-0.05, 0) is 37.3 Å². The van der Waals surface area contributed by atoms with E-state index in [1.165, 1.54) is 0 Å². The highest BCUT2D eigenvalue weighted by Gasteiger charge is 2.27. The fraction of sp³-hybridized carbons (Fsp3) is 0.500. The number of carboxylic acids is 1. The Morgan fingerprint density at radius 2 is 2.19 bits per heavy atom. The van der Waals surface area contributed by atoms with E-state index in [-0.39, 0.29) is 18.4 Å². The highest BCUT2D eigenvalue weighted by atomic mass is 16.5. The molecule has 1 aromatic rings. The van der Waals surface area contributed by atoms with Crippen LogP contribution in [0.25, 0.3) is 0 Å². The molecule has 0 aliphatic carbocycles. The van der Waals surface area contributed by atoms with Crippen LogP contribution in [0.1, 0.15) is 43.4 Å². The number of rotatable bonds is 6. The van der Waals surface area contributed by atoms with Crippen molar-refractivity contribution in [2.75, 3.05) is 6.61 Å². The largest absolute Gasteiger partial charge is 0.481 e. The van der Waals surface area contributed by atoms with E-state index in [2.05, 4.69) is 5.32 Å². The molecule has 1 aromatic carbocycles. The molecule has 5 nitrogen and oxygen atoms in total. The monoisotopic (exact) mass is 291 g/mol. The fourth-order valence-corrected chi connectivity index (χ4v) is 2.56. The Kier molecular flexibility index (Phi) is 5.33. The average molecular weight is 291 g/mol. The van der Waals surface area contributed by atoms with Gasteiger partial charge in [-0.15, -0.1) is 0 Å². The lowest BCUT2D eigenvalue weighted by molar-refractivity contribution is -0.137. The maximum Gasteiger partial charge on any atom is 0.303 e. The third kappa shape index (κ3) is 4.29. The van der Waals surface area contributed by atoms with Crippen LogP contribution in [0.2, 0.25) is 0 Å². The molecule has 21 heavy (non-hydrogen) atoms. The van der Waals surface area contributed by atoms with Crippen molar-refractivity contribution in [2.24, 2.45) is 0 Å². The molecular formula is C16H21NO4. The van der Waals surface area contributed by atoms with Crippen LogP contribution in [0.3, 0.4) is 0 Å². The lowest BCUT2D eigenvalue weighted by Gasteiger charge is -2.26. The van der Waals surface area contributed by atoms with Gasteiger partial charge in [0.1, 0.15) is 0 Å². The van der Waals surface area contributed by atoms with E-state index in [1.807, 2.05) is 31.2 Å².